The lowest BCUT2D eigenvalue weighted by atomic mass is 9.65. The summed E-state index contributed by atoms with van der Waals surface area (Å²) in [5, 5.41) is 3.10. The van der Waals surface area contributed by atoms with Gasteiger partial charge in [-0.1, -0.05) is 20.3 Å². The van der Waals surface area contributed by atoms with Crippen molar-refractivity contribution in [3.05, 3.63) is 0 Å². The van der Waals surface area contributed by atoms with E-state index in [1.165, 1.54) is 0 Å². The summed E-state index contributed by atoms with van der Waals surface area (Å²) in [5.74, 6) is 0. The lowest BCUT2D eigenvalue weighted by molar-refractivity contribution is -0.0913. The minimum Gasteiger partial charge on any atom is -0.381 e. The van der Waals surface area contributed by atoms with Crippen LogP contribution in [0, 0.1) is 5.41 Å². The second-order valence-corrected chi connectivity index (χ2v) is 8.43. The van der Waals surface area contributed by atoms with E-state index in [0.29, 0.717) is 13.1 Å². The Morgan fingerprint density at radius 1 is 1.33 bits per heavy atom. The zero-order valence-electron chi connectivity index (χ0n) is 13.6. The van der Waals surface area contributed by atoms with Crippen LogP contribution in [0.15, 0.2) is 0 Å². The first-order valence-corrected chi connectivity index (χ1v) is 9.23. The van der Waals surface area contributed by atoms with Gasteiger partial charge in [-0.05, 0) is 26.3 Å². The fourth-order valence-corrected chi connectivity index (χ4v) is 5.30. The first kappa shape index (κ1) is 17.1. The third-order valence-electron chi connectivity index (χ3n) is 5.08. The van der Waals surface area contributed by atoms with E-state index in [1.807, 2.05) is 7.05 Å². The number of hydrogen-bond acceptors (Lipinski definition) is 4. The maximum absolute atomic E-state index is 12.7. The lowest BCUT2D eigenvalue weighted by Crippen LogP contribution is -2.64. The largest absolute Gasteiger partial charge is 0.381 e. The predicted molar refractivity (Wildman–Crippen MR) is 83.3 cm³/mol. The molecule has 3 unspecified atom stereocenters. The smallest absolute Gasteiger partial charge is 0.280 e. The van der Waals surface area contributed by atoms with Crippen molar-refractivity contribution in [2.45, 2.75) is 57.7 Å². The second-order valence-electron chi connectivity index (χ2n) is 6.77. The monoisotopic (exact) mass is 319 g/mol. The van der Waals surface area contributed by atoms with E-state index in [-0.39, 0.29) is 23.6 Å². The molecule has 0 amide bonds. The third kappa shape index (κ3) is 3.42. The molecule has 21 heavy (non-hydrogen) atoms. The molecule has 3 atom stereocenters. The summed E-state index contributed by atoms with van der Waals surface area (Å²) < 4.78 is 35.3. The molecule has 1 aliphatic heterocycles. The van der Waals surface area contributed by atoms with Crippen molar-refractivity contribution in [1.29, 1.82) is 0 Å². The van der Waals surface area contributed by atoms with E-state index < -0.39 is 10.2 Å². The molecule has 1 saturated carbocycles. The molecule has 1 aliphatic carbocycles. The van der Waals surface area contributed by atoms with Crippen molar-refractivity contribution in [1.82, 2.24) is 14.3 Å². The zero-order valence-corrected chi connectivity index (χ0v) is 14.4. The number of nitrogens with one attached hydrogen (secondary N) is 2. The van der Waals surface area contributed by atoms with E-state index in [1.54, 1.807) is 11.4 Å². The van der Waals surface area contributed by atoms with Crippen LogP contribution in [0.25, 0.3) is 0 Å². The van der Waals surface area contributed by atoms with E-state index in [2.05, 4.69) is 23.9 Å². The Labute approximate surface area is 128 Å². The van der Waals surface area contributed by atoms with E-state index in [9.17, 15) is 8.42 Å². The molecular weight excluding hydrogens is 290 g/mol. The molecule has 2 N–H and O–H groups in total. The molecule has 7 heteroatoms. The van der Waals surface area contributed by atoms with Crippen LogP contribution in [0.5, 0.6) is 0 Å². The predicted octanol–water partition coefficient (Wildman–Crippen LogP) is 0.708. The molecule has 6 nitrogen and oxygen atoms in total. The number of methoxy groups -OCH3 is 1. The van der Waals surface area contributed by atoms with Crippen molar-refractivity contribution in [3.63, 3.8) is 0 Å². The van der Waals surface area contributed by atoms with Crippen LogP contribution in [0.4, 0.5) is 0 Å². The fourth-order valence-electron chi connectivity index (χ4n) is 3.46. The van der Waals surface area contributed by atoms with Gasteiger partial charge in [-0.15, -0.1) is 0 Å². The van der Waals surface area contributed by atoms with Gasteiger partial charge < -0.3 is 10.1 Å². The summed E-state index contributed by atoms with van der Waals surface area (Å²) >= 11 is 0. The molecule has 2 rings (SSSR count). The number of nitrogens with zero attached hydrogens (tertiary/aromatic N) is 1. The Kier molecular flexibility index (Phi) is 5.31. The standard InChI is InChI=1S/C14H29N3O3S/c1-14(2)12(9-13(14)20-4)16-21(18,19)17-8-6-5-7-11(17)10-15-3/h11-13,15-16H,5-10H2,1-4H3. The van der Waals surface area contributed by atoms with E-state index in [4.69, 9.17) is 4.74 Å². The van der Waals surface area contributed by atoms with Crippen LogP contribution in [0.1, 0.15) is 39.5 Å². The average molecular weight is 319 g/mol. The van der Waals surface area contributed by atoms with Gasteiger partial charge in [0.1, 0.15) is 0 Å². The highest BCUT2D eigenvalue weighted by molar-refractivity contribution is 7.87. The van der Waals surface area contributed by atoms with Crippen molar-refractivity contribution >= 4 is 10.2 Å². The van der Waals surface area contributed by atoms with Crippen molar-refractivity contribution in [2.75, 3.05) is 27.2 Å². The highest BCUT2D eigenvalue weighted by atomic mass is 32.2. The number of piperidine rings is 1. The topological polar surface area (TPSA) is 70.7 Å². The molecule has 1 heterocycles. The third-order valence-corrected chi connectivity index (χ3v) is 6.76. The molecular formula is C14H29N3O3S. The number of ether oxygens (including phenoxy) is 1. The summed E-state index contributed by atoms with van der Waals surface area (Å²) in [4.78, 5) is 0. The average Bonchev–Trinajstić information content (AvgIpc) is 2.44. The summed E-state index contributed by atoms with van der Waals surface area (Å²) in [6.07, 6.45) is 3.83. The summed E-state index contributed by atoms with van der Waals surface area (Å²) in [7, 11) is 0.122. The van der Waals surface area contributed by atoms with Gasteiger partial charge in [0, 0.05) is 37.7 Å². The van der Waals surface area contributed by atoms with Crippen LogP contribution < -0.4 is 10.0 Å². The first-order valence-electron chi connectivity index (χ1n) is 7.79. The van der Waals surface area contributed by atoms with Gasteiger partial charge in [-0.3, -0.25) is 0 Å². The van der Waals surface area contributed by atoms with E-state index >= 15 is 0 Å². The zero-order chi connectivity index (χ0) is 15.7. The minimum atomic E-state index is -3.43. The molecule has 0 spiro atoms. The molecule has 2 aliphatic rings. The summed E-state index contributed by atoms with van der Waals surface area (Å²) in [5.41, 5.74) is -0.157. The van der Waals surface area contributed by atoms with Crippen LogP contribution in [0.2, 0.25) is 0 Å². The fraction of sp³-hybridized carbons (Fsp3) is 1.00. The molecule has 0 aromatic rings. The summed E-state index contributed by atoms with van der Waals surface area (Å²) in [6.45, 7) is 5.43. The number of likely N-dealkylation sites (N-methyl/N-ethyl adjacent to an activating group) is 1. The molecule has 0 radical (unpaired) electrons. The molecule has 124 valence electrons. The Morgan fingerprint density at radius 3 is 2.62 bits per heavy atom. The van der Waals surface area contributed by atoms with Crippen molar-refractivity contribution in [2.24, 2.45) is 5.41 Å². The number of hydrogen-bond donors (Lipinski definition) is 2. The Hall–Kier alpha value is -0.210. The van der Waals surface area contributed by atoms with Gasteiger partial charge in [0.2, 0.25) is 0 Å². The van der Waals surface area contributed by atoms with Crippen molar-refractivity contribution in [3.8, 4) is 0 Å². The highest BCUT2D eigenvalue weighted by Gasteiger charge is 2.51. The van der Waals surface area contributed by atoms with Gasteiger partial charge in [0.15, 0.2) is 0 Å². The molecule has 0 bridgehead atoms. The molecule has 2 fully saturated rings. The summed E-state index contributed by atoms with van der Waals surface area (Å²) in [6, 6.07) is 0.00673. The van der Waals surface area contributed by atoms with Gasteiger partial charge in [-0.2, -0.15) is 17.4 Å². The lowest BCUT2D eigenvalue weighted by Gasteiger charge is -2.51. The Morgan fingerprint density at radius 2 is 2.05 bits per heavy atom. The van der Waals surface area contributed by atoms with Crippen LogP contribution in [-0.4, -0.2) is 58.2 Å². The maximum atomic E-state index is 12.7. The molecule has 0 aromatic heterocycles. The van der Waals surface area contributed by atoms with Gasteiger partial charge >= 0.3 is 0 Å². The van der Waals surface area contributed by atoms with Crippen LogP contribution >= 0.6 is 0 Å². The Balaban J connectivity index is 2.04. The van der Waals surface area contributed by atoms with Gasteiger partial charge in [0.25, 0.3) is 10.2 Å². The van der Waals surface area contributed by atoms with E-state index in [0.717, 1.165) is 25.7 Å². The quantitative estimate of drug-likeness (QED) is 0.756. The van der Waals surface area contributed by atoms with Gasteiger partial charge in [0.05, 0.1) is 6.10 Å². The highest BCUT2D eigenvalue weighted by Crippen LogP contribution is 2.43. The van der Waals surface area contributed by atoms with Crippen LogP contribution in [-0.2, 0) is 14.9 Å². The minimum absolute atomic E-state index is 0.0513. The second kappa shape index (κ2) is 6.50. The number of rotatable bonds is 6. The van der Waals surface area contributed by atoms with Crippen LogP contribution in [0.3, 0.4) is 0 Å². The normalized spacial score (nSPS) is 33.6. The maximum Gasteiger partial charge on any atom is 0.280 e. The van der Waals surface area contributed by atoms with Gasteiger partial charge in [-0.25, -0.2) is 0 Å². The first-order chi connectivity index (χ1) is 9.82. The molecule has 0 aromatic carbocycles. The molecule has 1 saturated heterocycles. The SMILES string of the molecule is CNCC1CCCCN1S(=O)(=O)NC1CC(OC)C1(C)C. The Bertz CT molecular complexity index is 450. The van der Waals surface area contributed by atoms with Crippen molar-refractivity contribution < 1.29 is 13.2 Å².